The van der Waals surface area contributed by atoms with E-state index >= 15 is 0 Å². The molecule has 5 nitrogen and oxygen atoms in total. The standard InChI is InChI=1S/C27H33F3N4O/c1-5-22-23(18(3)32-21-10-11-26(14-21)15-34(4)16-26)13-20(33-24(22)17(2)27(28,29)30)7-6-12-31-25(35)19-8-9-19/h5-7,13,19,21,32H,1-3,8-12,14-16H2,4H3,(H,31,35)/b7-6+. The molecule has 2 aliphatic carbocycles. The van der Waals surface area contributed by atoms with Crippen molar-refractivity contribution in [3.63, 3.8) is 0 Å². The Balaban J connectivity index is 1.56. The van der Waals surface area contributed by atoms with Crippen molar-refractivity contribution in [2.45, 2.75) is 44.3 Å². The van der Waals surface area contributed by atoms with Crippen molar-refractivity contribution < 1.29 is 18.0 Å². The van der Waals surface area contributed by atoms with Gasteiger partial charge in [-0.2, -0.15) is 13.2 Å². The number of carbonyl (C=O) groups excluding carboxylic acids is 1. The summed E-state index contributed by atoms with van der Waals surface area (Å²) in [5.74, 6) is 0.0900. The molecule has 0 bridgehead atoms. The summed E-state index contributed by atoms with van der Waals surface area (Å²) in [6.07, 6.45) is 4.98. The Hall–Kier alpha value is -2.87. The minimum Gasteiger partial charge on any atom is -0.382 e. The molecule has 1 aliphatic heterocycles. The second kappa shape index (κ2) is 9.64. The van der Waals surface area contributed by atoms with Gasteiger partial charge < -0.3 is 15.5 Å². The van der Waals surface area contributed by atoms with Crippen LogP contribution in [0.4, 0.5) is 13.2 Å². The van der Waals surface area contributed by atoms with Crippen LogP contribution in [0.5, 0.6) is 0 Å². The topological polar surface area (TPSA) is 57.3 Å². The highest BCUT2D eigenvalue weighted by Gasteiger charge is 2.46. The minimum absolute atomic E-state index is 0.000936. The van der Waals surface area contributed by atoms with Crippen molar-refractivity contribution in [2.24, 2.45) is 11.3 Å². The fourth-order valence-corrected chi connectivity index (χ4v) is 5.35. The van der Waals surface area contributed by atoms with Crippen LogP contribution < -0.4 is 10.6 Å². The molecular weight excluding hydrogens is 453 g/mol. The van der Waals surface area contributed by atoms with Crippen LogP contribution in [0, 0.1) is 11.3 Å². The molecule has 2 heterocycles. The van der Waals surface area contributed by atoms with Gasteiger partial charge in [-0.15, -0.1) is 0 Å². The number of pyridine rings is 1. The zero-order valence-electron chi connectivity index (χ0n) is 20.2. The second-order valence-electron chi connectivity index (χ2n) is 10.2. The van der Waals surface area contributed by atoms with Crippen LogP contribution in [0.2, 0.25) is 0 Å². The van der Waals surface area contributed by atoms with Gasteiger partial charge in [0.1, 0.15) is 0 Å². The van der Waals surface area contributed by atoms with Crippen LogP contribution in [0.1, 0.15) is 54.6 Å². The molecule has 35 heavy (non-hydrogen) atoms. The average Bonchev–Trinajstić information content (AvgIpc) is 3.56. The fourth-order valence-electron chi connectivity index (χ4n) is 5.35. The van der Waals surface area contributed by atoms with Crippen molar-refractivity contribution in [1.29, 1.82) is 0 Å². The molecule has 3 aliphatic rings. The number of hydrogen-bond donors (Lipinski definition) is 2. The van der Waals surface area contributed by atoms with Crippen LogP contribution in [-0.4, -0.2) is 54.7 Å². The summed E-state index contributed by atoms with van der Waals surface area (Å²) in [5.41, 5.74) is 0.682. The van der Waals surface area contributed by atoms with E-state index in [1.54, 1.807) is 18.2 Å². The number of hydrogen-bond acceptors (Lipinski definition) is 4. The molecule has 8 heteroatoms. The number of nitrogens with one attached hydrogen (secondary N) is 2. The van der Waals surface area contributed by atoms with Crippen LogP contribution in [0.3, 0.4) is 0 Å². The van der Waals surface area contributed by atoms with E-state index in [2.05, 4.69) is 47.3 Å². The van der Waals surface area contributed by atoms with Gasteiger partial charge in [0.2, 0.25) is 5.91 Å². The summed E-state index contributed by atoms with van der Waals surface area (Å²) < 4.78 is 40.8. The van der Waals surface area contributed by atoms with Crippen LogP contribution in [0.15, 0.2) is 31.9 Å². The zero-order valence-corrected chi connectivity index (χ0v) is 20.2. The largest absolute Gasteiger partial charge is 0.417 e. The third-order valence-corrected chi connectivity index (χ3v) is 7.16. The monoisotopic (exact) mass is 486 g/mol. The Morgan fingerprint density at radius 3 is 2.60 bits per heavy atom. The first-order chi connectivity index (χ1) is 16.5. The summed E-state index contributed by atoms with van der Waals surface area (Å²) in [6.45, 7) is 13.6. The number of halogens is 3. The number of carbonyl (C=O) groups is 1. The Kier molecular flexibility index (Phi) is 6.95. The number of aromatic nitrogens is 1. The molecule has 1 unspecified atom stereocenters. The normalized spacial score (nSPS) is 21.7. The summed E-state index contributed by atoms with van der Waals surface area (Å²) in [7, 11) is 2.11. The third-order valence-electron chi connectivity index (χ3n) is 7.16. The van der Waals surface area contributed by atoms with Gasteiger partial charge in [0.15, 0.2) is 0 Å². The first kappa shape index (κ1) is 25.2. The second-order valence-corrected chi connectivity index (χ2v) is 10.2. The molecule has 1 aromatic rings. The molecule has 1 saturated heterocycles. The van der Waals surface area contributed by atoms with Gasteiger partial charge in [0, 0.05) is 48.4 Å². The number of alkyl halides is 3. The lowest BCUT2D eigenvalue weighted by Crippen LogP contribution is -2.53. The summed E-state index contributed by atoms with van der Waals surface area (Å²) in [6, 6.07) is 1.92. The molecule has 0 radical (unpaired) electrons. The predicted octanol–water partition coefficient (Wildman–Crippen LogP) is 4.88. The summed E-state index contributed by atoms with van der Waals surface area (Å²) >= 11 is 0. The van der Waals surface area contributed by atoms with Crippen LogP contribution >= 0.6 is 0 Å². The molecule has 1 atom stereocenters. The van der Waals surface area contributed by atoms with E-state index in [1.165, 1.54) is 6.08 Å². The van der Waals surface area contributed by atoms with E-state index in [9.17, 15) is 18.0 Å². The van der Waals surface area contributed by atoms with Gasteiger partial charge in [-0.25, -0.2) is 4.98 Å². The maximum Gasteiger partial charge on any atom is 0.417 e. The minimum atomic E-state index is -4.63. The van der Waals surface area contributed by atoms with Crippen molar-refractivity contribution in [3.05, 3.63) is 54.4 Å². The lowest BCUT2D eigenvalue weighted by Gasteiger charge is -2.46. The third kappa shape index (κ3) is 5.69. The maximum atomic E-state index is 13.6. The van der Waals surface area contributed by atoms with Gasteiger partial charge >= 0.3 is 6.18 Å². The van der Waals surface area contributed by atoms with Crippen LogP contribution in [-0.2, 0) is 4.79 Å². The molecule has 2 N–H and O–H groups in total. The maximum absolute atomic E-state index is 13.6. The van der Waals surface area contributed by atoms with Crippen molar-refractivity contribution in [2.75, 3.05) is 26.7 Å². The molecule has 1 spiro atoms. The molecular formula is C27H33F3N4O. The number of allylic oxidation sites excluding steroid dienone is 1. The van der Waals surface area contributed by atoms with Gasteiger partial charge in [-0.1, -0.05) is 31.9 Å². The lowest BCUT2D eigenvalue weighted by atomic mass is 9.78. The van der Waals surface area contributed by atoms with Gasteiger partial charge in [-0.05, 0) is 56.7 Å². The van der Waals surface area contributed by atoms with Gasteiger partial charge in [0.05, 0.1) is 17.0 Å². The SMILES string of the molecule is C=Cc1c(C(=C)NC2CCC3(C2)CN(C)C3)cc(/C=C/CNC(=O)C2CC2)nc1C(=C)C(F)(F)F. The summed E-state index contributed by atoms with van der Waals surface area (Å²) in [5, 5.41) is 6.27. The van der Waals surface area contributed by atoms with Crippen LogP contribution in [0.25, 0.3) is 23.4 Å². The van der Waals surface area contributed by atoms with Crippen molar-refractivity contribution in [1.82, 2.24) is 20.5 Å². The van der Waals surface area contributed by atoms with Crippen molar-refractivity contribution >= 4 is 29.3 Å². The number of rotatable bonds is 9. The first-order valence-electron chi connectivity index (χ1n) is 12.0. The highest BCUT2D eigenvalue weighted by atomic mass is 19.4. The Morgan fingerprint density at radius 2 is 2.00 bits per heavy atom. The molecule has 1 amide bonds. The number of nitrogens with zero attached hydrogens (tertiary/aromatic N) is 2. The number of amides is 1. The van der Waals surface area contributed by atoms with E-state index in [0.717, 1.165) is 45.2 Å². The van der Waals surface area contributed by atoms with Gasteiger partial charge in [-0.3, -0.25) is 4.79 Å². The van der Waals surface area contributed by atoms with E-state index in [0.29, 0.717) is 22.4 Å². The Labute approximate surface area is 204 Å². The van der Waals surface area contributed by atoms with E-state index < -0.39 is 11.7 Å². The Morgan fingerprint density at radius 1 is 1.29 bits per heavy atom. The average molecular weight is 487 g/mol. The molecule has 0 aromatic carbocycles. The highest BCUT2D eigenvalue weighted by Crippen LogP contribution is 2.45. The van der Waals surface area contributed by atoms with Gasteiger partial charge in [0.25, 0.3) is 0 Å². The van der Waals surface area contributed by atoms with E-state index in [-0.39, 0.29) is 35.7 Å². The summed E-state index contributed by atoms with van der Waals surface area (Å²) in [4.78, 5) is 18.4. The molecule has 2 saturated carbocycles. The predicted molar refractivity (Wildman–Crippen MR) is 134 cm³/mol. The van der Waals surface area contributed by atoms with E-state index in [1.807, 2.05) is 0 Å². The molecule has 4 rings (SSSR count). The smallest absolute Gasteiger partial charge is 0.382 e. The van der Waals surface area contributed by atoms with E-state index in [4.69, 9.17) is 0 Å². The first-order valence-corrected chi connectivity index (χ1v) is 12.0. The highest BCUT2D eigenvalue weighted by molar-refractivity contribution is 5.82. The zero-order chi connectivity index (χ0) is 25.4. The quantitative estimate of drug-likeness (QED) is 0.522. The molecule has 188 valence electrons. The molecule has 3 fully saturated rings. The lowest BCUT2D eigenvalue weighted by molar-refractivity contribution is -0.122. The number of likely N-dealkylation sites (tertiary alicyclic amines) is 1. The fraction of sp³-hybridized carbons (Fsp3) is 0.481. The molecule has 1 aromatic heterocycles. The van der Waals surface area contributed by atoms with Crippen molar-refractivity contribution in [3.8, 4) is 0 Å². The Bertz CT molecular complexity index is 1060.